The molecule has 15 heavy (non-hydrogen) atoms. The van der Waals surface area contributed by atoms with Gasteiger partial charge in [0.25, 0.3) is 0 Å². The molecule has 0 aliphatic heterocycles. The summed E-state index contributed by atoms with van der Waals surface area (Å²) in [4.78, 5) is 2.45. The highest BCUT2D eigenvalue weighted by Crippen LogP contribution is 1.99. The first-order valence-corrected chi connectivity index (χ1v) is 7.18. The van der Waals surface area contributed by atoms with E-state index in [9.17, 15) is 0 Å². The Bertz CT molecular complexity index is 125. The molecule has 0 aromatic rings. The highest BCUT2D eigenvalue weighted by molar-refractivity contribution is 9.09. The highest BCUT2D eigenvalue weighted by Gasteiger charge is 2.02. The highest BCUT2D eigenvalue weighted by atomic mass is 79.9. The van der Waals surface area contributed by atoms with Gasteiger partial charge in [0.15, 0.2) is 0 Å². The molecule has 3 heteroatoms. The normalized spacial score (nSPS) is 11.6. The van der Waals surface area contributed by atoms with E-state index in [4.69, 9.17) is 4.74 Å². The first kappa shape index (κ1) is 15.4. The fourth-order valence-electron chi connectivity index (χ4n) is 1.39. The van der Waals surface area contributed by atoms with E-state index in [1.807, 2.05) is 0 Å². The Morgan fingerprint density at radius 2 is 1.87 bits per heavy atom. The summed E-state index contributed by atoms with van der Waals surface area (Å²) in [5.41, 5.74) is 0. The van der Waals surface area contributed by atoms with Crippen molar-refractivity contribution in [2.45, 2.75) is 33.6 Å². The summed E-state index contributed by atoms with van der Waals surface area (Å²) in [6.07, 6.45) is 2.39. The predicted molar refractivity (Wildman–Crippen MR) is 70.8 cm³/mol. The number of nitrogens with zero attached hydrogens (tertiary/aromatic N) is 1. The van der Waals surface area contributed by atoms with Gasteiger partial charge >= 0.3 is 0 Å². The second-order valence-electron chi connectivity index (χ2n) is 4.33. The summed E-state index contributed by atoms with van der Waals surface area (Å²) >= 11 is 3.48. The van der Waals surface area contributed by atoms with E-state index in [-0.39, 0.29) is 0 Å². The van der Waals surface area contributed by atoms with E-state index in [1.165, 1.54) is 19.4 Å². The second-order valence-corrected chi connectivity index (χ2v) is 5.12. The molecule has 0 spiro atoms. The molecule has 0 aromatic heterocycles. The third-order valence-corrected chi connectivity index (χ3v) is 2.69. The van der Waals surface area contributed by atoms with Crippen molar-refractivity contribution < 1.29 is 4.74 Å². The fraction of sp³-hybridized carbons (Fsp3) is 1.00. The lowest BCUT2D eigenvalue weighted by atomic mass is 10.1. The van der Waals surface area contributed by atoms with Gasteiger partial charge in [-0.25, -0.2) is 0 Å². The molecule has 0 N–H and O–H groups in total. The minimum absolute atomic E-state index is 0.749. The maximum atomic E-state index is 5.61. The third-order valence-electron chi connectivity index (χ3n) is 2.33. The van der Waals surface area contributed by atoms with Crippen molar-refractivity contribution in [2.24, 2.45) is 5.92 Å². The van der Waals surface area contributed by atoms with Gasteiger partial charge in [0.05, 0.1) is 6.61 Å². The van der Waals surface area contributed by atoms with E-state index >= 15 is 0 Å². The minimum atomic E-state index is 0.749. The van der Waals surface area contributed by atoms with Crippen LogP contribution in [-0.2, 0) is 4.74 Å². The summed E-state index contributed by atoms with van der Waals surface area (Å²) in [6.45, 7) is 11.8. The van der Waals surface area contributed by atoms with E-state index in [1.54, 1.807) is 0 Å². The third kappa shape index (κ3) is 10.7. The molecule has 0 aromatic carbocycles. The van der Waals surface area contributed by atoms with Gasteiger partial charge in [0, 0.05) is 25.0 Å². The van der Waals surface area contributed by atoms with Crippen LogP contribution in [-0.4, -0.2) is 43.1 Å². The summed E-state index contributed by atoms with van der Waals surface area (Å²) < 4.78 is 5.61. The van der Waals surface area contributed by atoms with Gasteiger partial charge in [-0.3, -0.25) is 0 Å². The number of ether oxygens (including phenoxy) is 1. The lowest BCUT2D eigenvalue weighted by molar-refractivity contribution is 0.0979. The van der Waals surface area contributed by atoms with Crippen LogP contribution in [0, 0.1) is 5.92 Å². The number of hydrogen-bond donors (Lipinski definition) is 0. The molecule has 0 saturated heterocycles. The molecule has 0 aliphatic carbocycles. The Balaban J connectivity index is 3.36. The van der Waals surface area contributed by atoms with E-state index in [0.717, 1.165) is 37.6 Å². The Kier molecular flexibility index (Phi) is 11.2. The summed E-state index contributed by atoms with van der Waals surface area (Å²) in [7, 11) is 0. The molecule has 0 rings (SSSR count). The Morgan fingerprint density at radius 3 is 2.40 bits per heavy atom. The summed E-state index contributed by atoms with van der Waals surface area (Å²) in [5, 5.41) is 1.05. The molecule has 0 heterocycles. The molecule has 0 fully saturated rings. The summed E-state index contributed by atoms with van der Waals surface area (Å²) in [5.74, 6) is 0.749. The van der Waals surface area contributed by atoms with Crippen LogP contribution in [0.3, 0.4) is 0 Å². The number of alkyl halides is 1. The van der Waals surface area contributed by atoms with Crippen LogP contribution in [0.1, 0.15) is 33.6 Å². The van der Waals surface area contributed by atoms with Crippen LogP contribution < -0.4 is 0 Å². The van der Waals surface area contributed by atoms with Crippen molar-refractivity contribution in [3.8, 4) is 0 Å². The topological polar surface area (TPSA) is 12.5 Å². The van der Waals surface area contributed by atoms with Gasteiger partial charge in [-0.1, -0.05) is 36.7 Å². The molecule has 0 atom stereocenters. The monoisotopic (exact) mass is 279 g/mol. The predicted octanol–water partition coefficient (Wildman–Crippen LogP) is 3.16. The van der Waals surface area contributed by atoms with Gasteiger partial charge in [0.2, 0.25) is 0 Å². The van der Waals surface area contributed by atoms with Crippen molar-refractivity contribution in [1.29, 1.82) is 0 Å². The molecule has 2 nitrogen and oxygen atoms in total. The van der Waals surface area contributed by atoms with Crippen molar-refractivity contribution >= 4 is 15.9 Å². The van der Waals surface area contributed by atoms with Crippen LogP contribution in [0.4, 0.5) is 0 Å². The van der Waals surface area contributed by atoms with Gasteiger partial charge < -0.3 is 9.64 Å². The van der Waals surface area contributed by atoms with Crippen LogP contribution in [0.15, 0.2) is 0 Å². The van der Waals surface area contributed by atoms with Crippen molar-refractivity contribution in [3.05, 3.63) is 0 Å². The number of hydrogen-bond acceptors (Lipinski definition) is 2. The number of halogens is 1. The fourth-order valence-corrected chi connectivity index (χ4v) is 1.89. The second kappa shape index (κ2) is 10.9. The first-order valence-electron chi connectivity index (χ1n) is 6.06. The molecule has 0 amide bonds. The van der Waals surface area contributed by atoms with E-state index in [2.05, 4.69) is 41.6 Å². The lowest BCUT2D eigenvalue weighted by Gasteiger charge is -2.20. The van der Waals surface area contributed by atoms with Gasteiger partial charge in [0.1, 0.15) is 0 Å². The van der Waals surface area contributed by atoms with Crippen LogP contribution >= 0.6 is 15.9 Å². The molecule has 0 bridgehead atoms. The molecule has 0 saturated carbocycles. The molecule has 92 valence electrons. The SMILES string of the molecule is CCCN(CCBr)CCOCCC(C)C. The first-order chi connectivity index (χ1) is 7.20. The zero-order chi connectivity index (χ0) is 11.5. The summed E-state index contributed by atoms with van der Waals surface area (Å²) in [6, 6.07) is 0. The van der Waals surface area contributed by atoms with Gasteiger partial charge in [-0.15, -0.1) is 0 Å². The van der Waals surface area contributed by atoms with Crippen LogP contribution in [0.5, 0.6) is 0 Å². The Morgan fingerprint density at radius 1 is 1.13 bits per heavy atom. The van der Waals surface area contributed by atoms with Crippen LogP contribution in [0.2, 0.25) is 0 Å². The van der Waals surface area contributed by atoms with Gasteiger partial charge in [-0.2, -0.15) is 0 Å². The molecule has 0 aliphatic rings. The van der Waals surface area contributed by atoms with Crippen molar-refractivity contribution in [3.63, 3.8) is 0 Å². The molecular weight excluding hydrogens is 254 g/mol. The van der Waals surface area contributed by atoms with E-state index < -0.39 is 0 Å². The Labute approximate surface area is 103 Å². The van der Waals surface area contributed by atoms with E-state index in [0.29, 0.717) is 0 Å². The maximum Gasteiger partial charge on any atom is 0.0593 e. The average molecular weight is 280 g/mol. The lowest BCUT2D eigenvalue weighted by Crippen LogP contribution is -2.30. The largest absolute Gasteiger partial charge is 0.380 e. The minimum Gasteiger partial charge on any atom is -0.380 e. The van der Waals surface area contributed by atoms with Gasteiger partial charge in [-0.05, 0) is 25.3 Å². The quantitative estimate of drug-likeness (QED) is 0.450. The average Bonchev–Trinajstić information content (AvgIpc) is 2.17. The zero-order valence-electron chi connectivity index (χ0n) is 10.5. The smallest absolute Gasteiger partial charge is 0.0593 e. The van der Waals surface area contributed by atoms with Crippen LogP contribution in [0.25, 0.3) is 0 Å². The number of rotatable bonds is 10. The molecular formula is C12H26BrNO. The molecule has 0 unspecified atom stereocenters. The van der Waals surface area contributed by atoms with Crippen molar-refractivity contribution in [1.82, 2.24) is 4.90 Å². The Hall–Kier alpha value is 0.400. The van der Waals surface area contributed by atoms with Crippen molar-refractivity contribution in [2.75, 3.05) is 38.2 Å². The molecule has 0 radical (unpaired) electrons. The standard InChI is InChI=1S/C12H26BrNO/c1-4-7-14(8-6-13)9-11-15-10-5-12(2)3/h12H,4-11H2,1-3H3. The zero-order valence-corrected chi connectivity index (χ0v) is 12.1. The maximum absolute atomic E-state index is 5.61.